The molecule has 0 bridgehead atoms. The summed E-state index contributed by atoms with van der Waals surface area (Å²) in [7, 11) is -3.48. The first-order valence-corrected chi connectivity index (χ1v) is 6.58. The Morgan fingerprint density at radius 3 is 2.65 bits per heavy atom. The van der Waals surface area contributed by atoms with Crippen molar-refractivity contribution in [2.24, 2.45) is 0 Å². The molecule has 2 aromatic rings. The van der Waals surface area contributed by atoms with E-state index in [2.05, 4.69) is 5.10 Å². The van der Waals surface area contributed by atoms with Gasteiger partial charge in [-0.15, -0.1) is 5.10 Å². The highest BCUT2D eigenvalue weighted by Crippen LogP contribution is 2.18. The molecular formula is C10H10FN3O2S. The topological polar surface area (TPSA) is 78.0 Å². The molecule has 90 valence electrons. The molecule has 17 heavy (non-hydrogen) atoms. The molecule has 0 aliphatic rings. The van der Waals surface area contributed by atoms with Gasteiger partial charge in [-0.1, -0.05) is 6.07 Å². The SMILES string of the molecule is CS(=O)(=O)c1cc(N)nn1-c1cccc(F)c1. The molecule has 1 aromatic carbocycles. The molecule has 0 aliphatic heterocycles. The minimum absolute atomic E-state index is 0.0645. The summed E-state index contributed by atoms with van der Waals surface area (Å²) in [5.74, 6) is -0.411. The summed E-state index contributed by atoms with van der Waals surface area (Å²) < 4.78 is 37.2. The van der Waals surface area contributed by atoms with Crippen molar-refractivity contribution in [2.45, 2.75) is 5.03 Å². The minimum Gasteiger partial charge on any atom is -0.382 e. The van der Waals surface area contributed by atoms with E-state index in [1.165, 1.54) is 24.3 Å². The second kappa shape index (κ2) is 3.85. The summed E-state index contributed by atoms with van der Waals surface area (Å²) >= 11 is 0. The summed E-state index contributed by atoms with van der Waals surface area (Å²) in [6, 6.07) is 6.69. The summed E-state index contributed by atoms with van der Waals surface area (Å²) in [5, 5.41) is 3.77. The predicted molar refractivity (Wildman–Crippen MR) is 61.0 cm³/mol. The molecule has 1 aromatic heterocycles. The van der Waals surface area contributed by atoms with E-state index in [4.69, 9.17) is 5.73 Å². The predicted octanol–water partition coefficient (Wildman–Crippen LogP) is 0.997. The van der Waals surface area contributed by atoms with Gasteiger partial charge in [0.25, 0.3) is 0 Å². The van der Waals surface area contributed by atoms with E-state index in [0.29, 0.717) is 5.69 Å². The third-order valence-electron chi connectivity index (χ3n) is 2.13. The third-order valence-corrected chi connectivity index (χ3v) is 3.18. The van der Waals surface area contributed by atoms with Gasteiger partial charge in [-0.05, 0) is 18.2 Å². The largest absolute Gasteiger partial charge is 0.382 e. The maximum Gasteiger partial charge on any atom is 0.192 e. The second-order valence-electron chi connectivity index (χ2n) is 3.57. The van der Waals surface area contributed by atoms with Crippen LogP contribution >= 0.6 is 0 Å². The van der Waals surface area contributed by atoms with Crippen molar-refractivity contribution in [2.75, 3.05) is 12.0 Å². The quantitative estimate of drug-likeness (QED) is 0.868. The summed E-state index contributed by atoms with van der Waals surface area (Å²) in [4.78, 5) is 0. The number of sulfone groups is 1. The highest BCUT2D eigenvalue weighted by atomic mass is 32.2. The number of aromatic nitrogens is 2. The van der Waals surface area contributed by atoms with E-state index < -0.39 is 15.7 Å². The maximum atomic E-state index is 13.1. The molecule has 1 heterocycles. The number of hydrogen-bond donors (Lipinski definition) is 1. The second-order valence-corrected chi connectivity index (χ2v) is 5.53. The van der Waals surface area contributed by atoms with Crippen LogP contribution in [0.3, 0.4) is 0 Å². The zero-order valence-corrected chi connectivity index (χ0v) is 9.78. The van der Waals surface area contributed by atoms with Gasteiger partial charge in [0.05, 0.1) is 5.69 Å². The Kier molecular flexibility index (Phi) is 2.62. The minimum atomic E-state index is -3.48. The zero-order valence-electron chi connectivity index (χ0n) is 8.96. The fourth-order valence-corrected chi connectivity index (χ4v) is 2.23. The molecule has 0 amide bonds. The van der Waals surface area contributed by atoms with Crippen LogP contribution in [-0.2, 0) is 9.84 Å². The van der Waals surface area contributed by atoms with Crippen molar-refractivity contribution in [1.82, 2.24) is 9.78 Å². The van der Waals surface area contributed by atoms with Crippen molar-refractivity contribution >= 4 is 15.7 Å². The van der Waals surface area contributed by atoms with Crippen molar-refractivity contribution in [3.8, 4) is 5.69 Å². The molecule has 7 heteroatoms. The maximum absolute atomic E-state index is 13.1. The molecule has 5 nitrogen and oxygen atoms in total. The van der Waals surface area contributed by atoms with Gasteiger partial charge in [0.15, 0.2) is 14.9 Å². The number of rotatable bonds is 2. The van der Waals surface area contributed by atoms with E-state index in [1.54, 1.807) is 6.07 Å². The van der Waals surface area contributed by atoms with Crippen LogP contribution in [0.5, 0.6) is 0 Å². The van der Waals surface area contributed by atoms with Crippen molar-refractivity contribution in [1.29, 1.82) is 0 Å². The van der Waals surface area contributed by atoms with Gasteiger partial charge in [0.1, 0.15) is 11.6 Å². The first-order valence-electron chi connectivity index (χ1n) is 4.69. The van der Waals surface area contributed by atoms with E-state index >= 15 is 0 Å². The van der Waals surface area contributed by atoms with Gasteiger partial charge in [0, 0.05) is 12.3 Å². The number of hydrogen-bond acceptors (Lipinski definition) is 4. The number of halogens is 1. The zero-order chi connectivity index (χ0) is 12.6. The molecule has 0 saturated carbocycles. The lowest BCUT2D eigenvalue weighted by Gasteiger charge is -2.05. The average molecular weight is 255 g/mol. The molecule has 0 spiro atoms. The van der Waals surface area contributed by atoms with Crippen LogP contribution in [0.15, 0.2) is 35.4 Å². The van der Waals surface area contributed by atoms with Gasteiger partial charge in [-0.25, -0.2) is 17.5 Å². The van der Waals surface area contributed by atoms with Crippen LogP contribution in [0.2, 0.25) is 0 Å². The third kappa shape index (κ3) is 2.28. The fourth-order valence-electron chi connectivity index (χ4n) is 1.44. The molecule has 0 unspecified atom stereocenters. The smallest absolute Gasteiger partial charge is 0.192 e. The Labute approximate surface area is 97.6 Å². The Balaban J connectivity index is 2.68. The van der Waals surface area contributed by atoms with Crippen LogP contribution in [0, 0.1) is 5.82 Å². The number of benzene rings is 1. The van der Waals surface area contributed by atoms with Gasteiger partial charge in [0.2, 0.25) is 0 Å². The highest BCUT2D eigenvalue weighted by molar-refractivity contribution is 7.90. The van der Waals surface area contributed by atoms with Crippen LogP contribution in [-0.4, -0.2) is 24.5 Å². The number of nitrogen functional groups attached to an aromatic ring is 1. The number of nitrogens with zero attached hydrogens (tertiary/aromatic N) is 2. The Morgan fingerprint density at radius 1 is 1.35 bits per heavy atom. The van der Waals surface area contributed by atoms with Crippen molar-refractivity contribution < 1.29 is 12.8 Å². The molecule has 0 fully saturated rings. The molecule has 0 radical (unpaired) electrons. The molecule has 0 aliphatic carbocycles. The molecule has 0 atom stereocenters. The van der Waals surface area contributed by atoms with E-state index in [-0.39, 0.29) is 10.8 Å². The van der Waals surface area contributed by atoms with E-state index in [9.17, 15) is 12.8 Å². The van der Waals surface area contributed by atoms with Crippen LogP contribution < -0.4 is 5.73 Å². The van der Waals surface area contributed by atoms with Gasteiger partial charge >= 0.3 is 0 Å². The molecule has 0 saturated heterocycles. The highest BCUT2D eigenvalue weighted by Gasteiger charge is 2.17. The number of nitrogens with two attached hydrogens (primary N) is 1. The van der Waals surface area contributed by atoms with Gasteiger partial charge < -0.3 is 5.73 Å². The average Bonchev–Trinajstić information content (AvgIpc) is 2.60. The summed E-state index contributed by atoms with van der Waals surface area (Å²) in [6.45, 7) is 0. The number of anilines is 1. The normalized spacial score (nSPS) is 11.6. The molecular weight excluding hydrogens is 245 g/mol. The standard InChI is InChI=1S/C10H10FN3O2S/c1-17(15,16)10-6-9(12)13-14(10)8-4-2-3-7(11)5-8/h2-6H,1H3,(H2,12,13). The fraction of sp³-hybridized carbons (Fsp3) is 0.100. The van der Waals surface area contributed by atoms with Crippen LogP contribution in [0.25, 0.3) is 5.69 Å². The van der Waals surface area contributed by atoms with Gasteiger partial charge in [-0.3, -0.25) is 0 Å². The summed E-state index contributed by atoms with van der Waals surface area (Å²) in [6.07, 6.45) is 1.04. The molecule has 2 rings (SSSR count). The van der Waals surface area contributed by atoms with Gasteiger partial charge in [-0.2, -0.15) is 0 Å². The van der Waals surface area contributed by atoms with Crippen LogP contribution in [0.1, 0.15) is 0 Å². The van der Waals surface area contributed by atoms with Crippen molar-refractivity contribution in [3.63, 3.8) is 0 Å². The van der Waals surface area contributed by atoms with Crippen LogP contribution in [0.4, 0.5) is 10.2 Å². The van der Waals surface area contributed by atoms with Crippen molar-refractivity contribution in [3.05, 3.63) is 36.1 Å². The Bertz CT molecular complexity index is 664. The monoisotopic (exact) mass is 255 g/mol. The summed E-state index contributed by atoms with van der Waals surface area (Å²) in [5.41, 5.74) is 5.77. The van der Waals surface area contributed by atoms with E-state index in [0.717, 1.165) is 10.9 Å². The lowest BCUT2D eigenvalue weighted by molar-refractivity contribution is 0.590. The Hall–Kier alpha value is -1.89. The first kappa shape index (κ1) is 11.6. The lowest BCUT2D eigenvalue weighted by Crippen LogP contribution is -2.07. The Morgan fingerprint density at radius 2 is 2.06 bits per heavy atom. The molecule has 2 N–H and O–H groups in total. The lowest BCUT2D eigenvalue weighted by atomic mass is 10.3. The van der Waals surface area contributed by atoms with E-state index in [1.807, 2.05) is 0 Å². The first-order chi connectivity index (χ1) is 7.88.